The number of carbonyl (C=O) groups excluding carboxylic acids is 1. The van der Waals surface area contributed by atoms with Gasteiger partial charge in [-0.15, -0.1) is 0 Å². The Morgan fingerprint density at radius 3 is 3.07 bits per heavy atom. The van der Waals surface area contributed by atoms with E-state index in [9.17, 15) is 9.90 Å². The number of para-hydroxylation sites is 1. The summed E-state index contributed by atoms with van der Waals surface area (Å²) >= 11 is 6.33. The highest BCUT2D eigenvalue weighted by atomic mass is 35.5. The third-order valence-electron chi connectivity index (χ3n) is 6.99. The van der Waals surface area contributed by atoms with Gasteiger partial charge in [-0.2, -0.15) is 0 Å². The number of rotatable bonds is 2. The van der Waals surface area contributed by atoms with Gasteiger partial charge < -0.3 is 9.84 Å². The molecule has 2 fully saturated rings. The van der Waals surface area contributed by atoms with Gasteiger partial charge in [0.25, 0.3) is 0 Å². The van der Waals surface area contributed by atoms with Gasteiger partial charge in [-0.05, 0) is 24.8 Å². The van der Waals surface area contributed by atoms with E-state index < -0.39 is 17.9 Å². The van der Waals surface area contributed by atoms with Crippen molar-refractivity contribution in [3.05, 3.63) is 40.9 Å². The van der Waals surface area contributed by atoms with Crippen LogP contribution >= 0.6 is 11.6 Å². The van der Waals surface area contributed by atoms with Gasteiger partial charge in [0.15, 0.2) is 6.23 Å². The second kappa shape index (κ2) is 7.27. The SMILES string of the molecule is CN1O[C@H]2N[C@H](C(=O)OC3CC=CC4CCCCC43)C[C@@]2(O)c2cccc(Cl)c21. The Morgan fingerprint density at radius 1 is 1.38 bits per heavy atom. The summed E-state index contributed by atoms with van der Waals surface area (Å²) in [5.74, 6) is 0.614. The number of allylic oxidation sites excluding steroid dienone is 1. The maximum atomic E-state index is 13.0. The minimum Gasteiger partial charge on any atom is -0.461 e. The third kappa shape index (κ3) is 3.17. The number of aliphatic hydroxyl groups is 1. The minimum atomic E-state index is -1.34. The molecule has 1 saturated carbocycles. The topological polar surface area (TPSA) is 71.0 Å². The average molecular weight is 419 g/mol. The Hall–Kier alpha value is -1.60. The summed E-state index contributed by atoms with van der Waals surface area (Å²) in [5, 5.41) is 16.6. The summed E-state index contributed by atoms with van der Waals surface area (Å²) in [6.45, 7) is 0. The van der Waals surface area contributed by atoms with Crippen LogP contribution in [0.4, 0.5) is 5.69 Å². The minimum absolute atomic E-state index is 0.0813. The van der Waals surface area contributed by atoms with Gasteiger partial charge in [0, 0.05) is 31.4 Å². The fraction of sp³-hybridized carbons (Fsp3) is 0.591. The van der Waals surface area contributed by atoms with E-state index >= 15 is 0 Å². The van der Waals surface area contributed by atoms with Crippen molar-refractivity contribution in [2.75, 3.05) is 12.1 Å². The van der Waals surface area contributed by atoms with E-state index in [-0.39, 0.29) is 18.5 Å². The van der Waals surface area contributed by atoms with Gasteiger partial charge in [-0.25, -0.2) is 0 Å². The van der Waals surface area contributed by atoms with Crippen molar-refractivity contribution in [2.24, 2.45) is 11.8 Å². The highest BCUT2D eigenvalue weighted by Crippen LogP contribution is 2.47. The quantitative estimate of drug-likeness (QED) is 0.567. The molecule has 6 nitrogen and oxygen atoms in total. The summed E-state index contributed by atoms with van der Waals surface area (Å²) in [5.41, 5.74) is -0.0401. The number of ether oxygens (including phenoxy) is 1. The number of hydroxylamine groups is 1. The van der Waals surface area contributed by atoms with Crippen LogP contribution < -0.4 is 10.4 Å². The van der Waals surface area contributed by atoms with E-state index in [1.807, 2.05) is 6.07 Å². The van der Waals surface area contributed by atoms with E-state index in [1.165, 1.54) is 19.3 Å². The number of nitrogens with one attached hydrogen (secondary N) is 1. The third-order valence-corrected chi connectivity index (χ3v) is 7.29. The molecule has 0 amide bonds. The van der Waals surface area contributed by atoms with Gasteiger partial charge in [-0.3, -0.25) is 20.0 Å². The van der Waals surface area contributed by atoms with Crippen molar-refractivity contribution < 1.29 is 19.5 Å². The zero-order valence-electron chi connectivity index (χ0n) is 16.5. The van der Waals surface area contributed by atoms with Crippen LogP contribution in [0, 0.1) is 11.8 Å². The Bertz CT molecular complexity index is 846. The monoisotopic (exact) mass is 418 g/mol. The molecule has 3 unspecified atom stereocenters. The maximum absolute atomic E-state index is 13.0. The molecule has 0 aromatic heterocycles. The van der Waals surface area contributed by atoms with Crippen LogP contribution in [0.2, 0.25) is 5.02 Å². The molecular weight excluding hydrogens is 392 g/mol. The second-order valence-electron chi connectivity index (χ2n) is 8.72. The largest absolute Gasteiger partial charge is 0.461 e. The number of hydrogen-bond donors (Lipinski definition) is 2. The van der Waals surface area contributed by atoms with Crippen LogP contribution in [-0.4, -0.2) is 36.5 Å². The standard InChI is InChI=1S/C22H27ClN2O4/c1-25-19-15(9-5-10-16(19)23)22(27)12-17(24-21(22)29-25)20(26)28-18-11-4-7-13-6-2-3-8-14(13)18/h4-5,7,9-10,13-14,17-18,21,24,27H,2-3,6,8,11-12H2,1H3/t13?,14?,17-,18?,21+,22+/m0/s1. The summed E-state index contributed by atoms with van der Waals surface area (Å²) in [7, 11) is 1.75. The summed E-state index contributed by atoms with van der Waals surface area (Å²) < 4.78 is 5.98. The first-order valence-electron chi connectivity index (χ1n) is 10.5. The van der Waals surface area contributed by atoms with Crippen LogP contribution in [0.3, 0.4) is 0 Å². The number of fused-ring (bicyclic) bond motifs is 4. The van der Waals surface area contributed by atoms with Crippen molar-refractivity contribution in [3.63, 3.8) is 0 Å². The Balaban J connectivity index is 1.34. The molecule has 2 aliphatic carbocycles. The molecule has 156 valence electrons. The highest BCUT2D eigenvalue weighted by molar-refractivity contribution is 6.33. The molecule has 6 atom stereocenters. The van der Waals surface area contributed by atoms with Gasteiger partial charge in [-0.1, -0.05) is 48.7 Å². The lowest BCUT2D eigenvalue weighted by Crippen LogP contribution is -2.51. The van der Waals surface area contributed by atoms with Crippen molar-refractivity contribution in [1.82, 2.24) is 5.32 Å². The predicted molar refractivity (Wildman–Crippen MR) is 109 cm³/mol. The molecule has 1 saturated heterocycles. The summed E-state index contributed by atoms with van der Waals surface area (Å²) in [6.07, 6.45) is 9.32. The number of nitrogens with zero attached hydrogens (tertiary/aromatic N) is 1. The molecule has 7 heteroatoms. The lowest BCUT2D eigenvalue weighted by Gasteiger charge is -2.40. The fourth-order valence-electron chi connectivity index (χ4n) is 5.53. The highest BCUT2D eigenvalue weighted by Gasteiger charge is 2.55. The molecule has 2 heterocycles. The zero-order valence-corrected chi connectivity index (χ0v) is 17.3. The van der Waals surface area contributed by atoms with Crippen molar-refractivity contribution in [1.29, 1.82) is 0 Å². The number of halogens is 1. The van der Waals surface area contributed by atoms with Crippen LogP contribution in [0.25, 0.3) is 0 Å². The number of esters is 1. The fourth-order valence-corrected chi connectivity index (χ4v) is 5.82. The molecule has 2 N–H and O–H groups in total. The number of carbonyl (C=O) groups is 1. The lowest BCUT2D eigenvalue weighted by atomic mass is 9.72. The second-order valence-corrected chi connectivity index (χ2v) is 9.13. The van der Waals surface area contributed by atoms with E-state index in [1.54, 1.807) is 24.2 Å². The van der Waals surface area contributed by atoms with E-state index in [0.29, 0.717) is 28.1 Å². The average Bonchev–Trinajstić information content (AvgIpc) is 3.06. The molecule has 1 aromatic rings. The summed E-state index contributed by atoms with van der Waals surface area (Å²) in [4.78, 5) is 18.9. The first-order chi connectivity index (χ1) is 14.0. The van der Waals surface area contributed by atoms with Crippen molar-refractivity contribution in [2.45, 2.75) is 62.5 Å². The zero-order chi connectivity index (χ0) is 20.2. The lowest BCUT2D eigenvalue weighted by molar-refractivity contribution is -0.156. The summed E-state index contributed by atoms with van der Waals surface area (Å²) in [6, 6.07) is 4.77. The Kier molecular flexibility index (Phi) is 4.86. The first-order valence-corrected chi connectivity index (χ1v) is 10.9. The van der Waals surface area contributed by atoms with E-state index in [4.69, 9.17) is 21.2 Å². The first kappa shape index (κ1) is 19.4. The van der Waals surface area contributed by atoms with Gasteiger partial charge >= 0.3 is 5.97 Å². The maximum Gasteiger partial charge on any atom is 0.323 e. The Labute approximate surface area is 175 Å². The van der Waals surface area contributed by atoms with Crippen molar-refractivity contribution >= 4 is 23.3 Å². The molecule has 29 heavy (non-hydrogen) atoms. The predicted octanol–water partition coefficient (Wildman–Crippen LogP) is 3.28. The van der Waals surface area contributed by atoms with E-state index in [2.05, 4.69) is 17.5 Å². The molecule has 0 radical (unpaired) electrons. The molecule has 1 aromatic carbocycles. The molecule has 2 aliphatic heterocycles. The number of hydrogen-bond acceptors (Lipinski definition) is 6. The molecule has 5 rings (SSSR count). The van der Waals surface area contributed by atoms with Crippen molar-refractivity contribution in [3.8, 4) is 0 Å². The Morgan fingerprint density at radius 2 is 2.21 bits per heavy atom. The van der Waals surface area contributed by atoms with Crippen LogP contribution in [0.1, 0.15) is 44.1 Å². The van der Waals surface area contributed by atoms with Crippen LogP contribution in [0.15, 0.2) is 30.4 Å². The van der Waals surface area contributed by atoms with Gasteiger partial charge in [0.1, 0.15) is 17.7 Å². The molecular formula is C22H27ClN2O4. The molecule has 0 spiro atoms. The molecule has 4 aliphatic rings. The van der Waals surface area contributed by atoms with E-state index in [0.717, 1.165) is 12.8 Å². The van der Waals surface area contributed by atoms with Crippen LogP contribution in [0.5, 0.6) is 0 Å². The van der Waals surface area contributed by atoms with Gasteiger partial charge in [0.05, 0.1) is 10.7 Å². The number of anilines is 1. The van der Waals surface area contributed by atoms with Crippen LogP contribution in [-0.2, 0) is 20.0 Å². The van der Waals surface area contributed by atoms with Gasteiger partial charge in [0.2, 0.25) is 0 Å². The number of benzene rings is 1. The normalized spacial score (nSPS) is 38.2. The molecule has 0 bridgehead atoms. The smallest absolute Gasteiger partial charge is 0.323 e.